The van der Waals surface area contributed by atoms with Crippen LogP contribution in [-0.4, -0.2) is 7.11 Å². The third kappa shape index (κ3) is 3.49. The number of fused-ring (bicyclic) bond motifs is 1. The highest BCUT2D eigenvalue weighted by Gasteiger charge is 2.17. The van der Waals surface area contributed by atoms with Gasteiger partial charge in [0.2, 0.25) is 0 Å². The highest BCUT2D eigenvalue weighted by Crippen LogP contribution is 2.38. The molecule has 4 heteroatoms. The van der Waals surface area contributed by atoms with Gasteiger partial charge in [0.05, 0.1) is 7.11 Å². The molecule has 0 amide bonds. The minimum Gasteiger partial charge on any atom is -0.497 e. The van der Waals surface area contributed by atoms with Crippen molar-refractivity contribution < 1.29 is 9.15 Å². The van der Waals surface area contributed by atoms with E-state index in [1.54, 1.807) is 7.11 Å². The zero-order valence-corrected chi connectivity index (χ0v) is 15.9. The normalized spacial score (nSPS) is 10.9. The first kappa shape index (κ1) is 17.4. The van der Waals surface area contributed by atoms with Gasteiger partial charge in [-0.25, -0.2) is 4.79 Å². The minimum absolute atomic E-state index is 0.329. The van der Waals surface area contributed by atoms with Crippen LogP contribution in [0.4, 0.5) is 0 Å². The molecule has 0 saturated heterocycles. The van der Waals surface area contributed by atoms with Gasteiger partial charge in [0.25, 0.3) is 0 Å². The molecule has 0 radical (unpaired) electrons. The quantitative estimate of drug-likeness (QED) is 0.415. The smallest absolute Gasteiger partial charge is 0.351 e. The summed E-state index contributed by atoms with van der Waals surface area (Å²) in [5.74, 6) is 0.777. The number of ether oxygens (including phenoxy) is 1. The molecule has 1 aromatic heterocycles. The van der Waals surface area contributed by atoms with Crippen LogP contribution >= 0.6 is 11.8 Å². The van der Waals surface area contributed by atoms with E-state index >= 15 is 0 Å². The Morgan fingerprint density at radius 1 is 0.889 bits per heavy atom. The van der Waals surface area contributed by atoms with Crippen molar-refractivity contribution in [3.8, 4) is 16.9 Å². The SMILES string of the molecule is COc1ccc(-c2c(Sc3ccc(C)cc3)c(=O)oc3ccccc23)cc1. The predicted molar refractivity (Wildman–Crippen MR) is 110 cm³/mol. The van der Waals surface area contributed by atoms with Gasteiger partial charge in [0.15, 0.2) is 0 Å². The Morgan fingerprint density at radius 2 is 1.59 bits per heavy atom. The highest BCUT2D eigenvalue weighted by molar-refractivity contribution is 7.99. The van der Waals surface area contributed by atoms with Crippen molar-refractivity contribution in [2.75, 3.05) is 7.11 Å². The van der Waals surface area contributed by atoms with Crippen LogP contribution < -0.4 is 10.4 Å². The maximum Gasteiger partial charge on any atom is 0.351 e. The fourth-order valence-corrected chi connectivity index (χ4v) is 3.96. The first-order valence-electron chi connectivity index (χ1n) is 8.60. The number of methoxy groups -OCH3 is 1. The predicted octanol–water partition coefficient (Wildman–Crippen LogP) is 5.93. The van der Waals surface area contributed by atoms with Crippen molar-refractivity contribution in [3.63, 3.8) is 0 Å². The minimum atomic E-state index is -0.329. The van der Waals surface area contributed by atoms with Gasteiger partial charge >= 0.3 is 5.63 Å². The van der Waals surface area contributed by atoms with Gasteiger partial charge in [-0.3, -0.25) is 0 Å². The molecule has 4 aromatic rings. The zero-order chi connectivity index (χ0) is 18.8. The van der Waals surface area contributed by atoms with Crippen LogP contribution in [0.2, 0.25) is 0 Å². The molecule has 0 saturated carbocycles. The second-order valence-corrected chi connectivity index (χ2v) is 7.32. The van der Waals surface area contributed by atoms with Gasteiger partial charge in [-0.05, 0) is 42.8 Å². The van der Waals surface area contributed by atoms with E-state index in [1.165, 1.54) is 17.3 Å². The first-order chi connectivity index (χ1) is 13.2. The van der Waals surface area contributed by atoms with Gasteiger partial charge in [-0.15, -0.1) is 0 Å². The van der Waals surface area contributed by atoms with Crippen LogP contribution in [0.15, 0.2) is 91.8 Å². The fraction of sp³-hybridized carbons (Fsp3) is 0.0870. The molecule has 3 aromatic carbocycles. The van der Waals surface area contributed by atoms with Crippen LogP contribution in [-0.2, 0) is 0 Å². The Hall–Kier alpha value is -2.98. The van der Waals surface area contributed by atoms with E-state index in [9.17, 15) is 4.79 Å². The summed E-state index contributed by atoms with van der Waals surface area (Å²) in [6.45, 7) is 2.04. The third-order valence-electron chi connectivity index (χ3n) is 4.39. The summed E-state index contributed by atoms with van der Waals surface area (Å²) >= 11 is 1.43. The maximum atomic E-state index is 12.8. The van der Waals surface area contributed by atoms with Gasteiger partial charge in [-0.2, -0.15) is 0 Å². The third-order valence-corrected chi connectivity index (χ3v) is 5.47. The van der Waals surface area contributed by atoms with Crippen molar-refractivity contribution in [2.45, 2.75) is 16.7 Å². The Morgan fingerprint density at radius 3 is 2.30 bits per heavy atom. The van der Waals surface area contributed by atoms with E-state index in [4.69, 9.17) is 9.15 Å². The van der Waals surface area contributed by atoms with Crippen molar-refractivity contribution in [1.82, 2.24) is 0 Å². The molecule has 0 atom stereocenters. The van der Waals surface area contributed by atoms with Crippen molar-refractivity contribution in [3.05, 3.63) is 88.8 Å². The molecule has 0 bridgehead atoms. The topological polar surface area (TPSA) is 39.4 Å². The molecule has 27 heavy (non-hydrogen) atoms. The summed E-state index contributed by atoms with van der Waals surface area (Å²) in [4.78, 5) is 14.4. The Kier molecular flexibility index (Phi) is 4.73. The molecule has 1 heterocycles. The summed E-state index contributed by atoms with van der Waals surface area (Å²) < 4.78 is 10.9. The molecule has 0 aliphatic heterocycles. The van der Waals surface area contributed by atoms with Gasteiger partial charge < -0.3 is 9.15 Å². The Balaban J connectivity index is 1.94. The van der Waals surface area contributed by atoms with Crippen LogP contribution in [0.3, 0.4) is 0 Å². The van der Waals surface area contributed by atoms with Crippen LogP contribution in [0, 0.1) is 6.92 Å². The average Bonchev–Trinajstić information content (AvgIpc) is 2.70. The summed E-state index contributed by atoms with van der Waals surface area (Å²) in [7, 11) is 1.64. The molecule has 0 N–H and O–H groups in total. The Labute approximate surface area is 161 Å². The van der Waals surface area contributed by atoms with Gasteiger partial charge in [-0.1, -0.05) is 59.8 Å². The van der Waals surface area contributed by atoms with Crippen molar-refractivity contribution in [2.24, 2.45) is 0 Å². The molecular formula is C23H18O3S. The lowest BCUT2D eigenvalue weighted by atomic mass is 10.0. The molecule has 0 spiro atoms. The highest BCUT2D eigenvalue weighted by atomic mass is 32.2. The van der Waals surface area contributed by atoms with E-state index < -0.39 is 0 Å². The number of benzene rings is 3. The summed E-state index contributed by atoms with van der Waals surface area (Å²) in [6.07, 6.45) is 0. The molecule has 3 nitrogen and oxygen atoms in total. The van der Waals surface area contributed by atoms with E-state index in [0.29, 0.717) is 10.5 Å². The van der Waals surface area contributed by atoms with Crippen molar-refractivity contribution in [1.29, 1.82) is 0 Å². The lowest BCUT2D eigenvalue weighted by Gasteiger charge is -2.12. The number of aryl methyl sites for hydroxylation is 1. The second-order valence-electron chi connectivity index (χ2n) is 6.23. The average molecular weight is 374 g/mol. The number of para-hydroxylation sites is 1. The largest absolute Gasteiger partial charge is 0.497 e. The molecule has 0 aliphatic rings. The molecule has 134 valence electrons. The zero-order valence-electron chi connectivity index (χ0n) is 15.1. The monoisotopic (exact) mass is 374 g/mol. The van der Waals surface area contributed by atoms with Crippen LogP contribution in [0.5, 0.6) is 5.75 Å². The van der Waals surface area contributed by atoms with Crippen LogP contribution in [0.25, 0.3) is 22.1 Å². The lowest BCUT2D eigenvalue weighted by Crippen LogP contribution is -2.05. The maximum absolute atomic E-state index is 12.8. The summed E-state index contributed by atoms with van der Waals surface area (Å²) in [5.41, 5.74) is 3.27. The molecule has 4 rings (SSSR count). The lowest BCUT2D eigenvalue weighted by molar-refractivity contribution is 0.415. The Bertz CT molecular complexity index is 1140. The molecular weight excluding hydrogens is 356 g/mol. The van der Waals surface area contributed by atoms with E-state index in [1.807, 2.05) is 79.7 Å². The van der Waals surface area contributed by atoms with E-state index in [2.05, 4.69) is 0 Å². The molecule has 0 fully saturated rings. The van der Waals surface area contributed by atoms with Crippen molar-refractivity contribution >= 4 is 22.7 Å². The van der Waals surface area contributed by atoms with E-state index in [0.717, 1.165) is 27.2 Å². The number of hydrogen-bond donors (Lipinski definition) is 0. The summed E-state index contributed by atoms with van der Waals surface area (Å²) in [5, 5.41) is 0.914. The van der Waals surface area contributed by atoms with Crippen LogP contribution in [0.1, 0.15) is 5.56 Å². The number of hydrogen-bond acceptors (Lipinski definition) is 4. The molecule has 0 unspecified atom stereocenters. The van der Waals surface area contributed by atoms with Gasteiger partial charge in [0.1, 0.15) is 16.2 Å². The molecule has 0 aliphatic carbocycles. The number of rotatable bonds is 4. The second kappa shape index (κ2) is 7.33. The standard InChI is InChI=1S/C23H18O3S/c1-15-7-13-18(14-8-15)27-22-21(16-9-11-17(25-2)12-10-16)19-5-3-4-6-20(19)26-23(22)24/h3-14H,1-2H3. The first-order valence-corrected chi connectivity index (χ1v) is 9.42. The summed E-state index contributed by atoms with van der Waals surface area (Å²) in [6, 6.07) is 23.5. The van der Waals surface area contributed by atoms with Gasteiger partial charge in [0, 0.05) is 15.8 Å². The fourth-order valence-electron chi connectivity index (χ4n) is 2.99. The van der Waals surface area contributed by atoms with E-state index in [-0.39, 0.29) is 5.63 Å².